The molecule has 0 N–H and O–H groups in total. The zero-order valence-electron chi connectivity index (χ0n) is 15.8. The van der Waals surface area contributed by atoms with Crippen molar-refractivity contribution >= 4 is 45.0 Å². The molecule has 0 saturated carbocycles. The fourth-order valence-corrected chi connectivity index (χ4v) is 3.79. The summed E-state index contributed by atoms with van der Waals surface area (Å²) >= 11 is 1.32. The maximum atomic E-state index is 13.5. The lowest BCUT2D eigenvalue weighted by molar-refractivity contribution is 0.0980. The number of rotatable bonds is 6. The van der Waals surface area contributed by atoms with Gasteiger partial charge in [-0.2, -0.15) is 5.10 Å². The fraction of sp³-hybridized carbons (Fsp3) is 0.389. The van der Waals surface area contributed by atoms with E-state index < -0.39 is 0 Å². The Morgan fingerprint density at radius 3 is 2.67 bits per heavy atom. The Morgan fingerprint density at radius 1 is 1.30 bits per heavy atom. The van der Waals surface area contributed by atoms with Crippen LogP contribution in [0.25, 0.3) is 10.2 Å². The first-order valence-electron chi connectivity index (χ1n) is 8.38. The van der Waals surface area contributed by atoms with Crippen molar-refractivity contribution in [1.82, 2.24) is 19.7 Å². The molecule has 0 aliphatic carbocycles. The minimum atomic E-state index is -0.307. The topological polar surface area (TPSA) is 54.3 Å². The Labute approximate surface area is 168 Å². The molecular weight excluding hydrogens is 389 g/mol. The van der Waals surface area contributed by atoms with Crippen molar-refractivity contribution in [3.05, 3.63) is 41.5 Å². The molecule has 0 aliphatic rings. The summed E-state index contributed by atoms with van der Waals surface area (Å²) in [4.78, 5) is 21.4. The van der Waals surface area contributed by atoms with E-state index in [1.54, 1.807) is 22.7 Å². The quantitative estimate of drug-likeness (QED) is 0.623. The van der Waals surface area contributed by atoms with E-state index in [-0.39, 0.29) is 24.1 Å². The van der Waals surface area contributed by atoms with Crippen molar-refractivity contribution in [3.8, 4) is 0 Å². The van der Waals surface area contributed by atoms with Crippen LogP contribution in [-0.2, 0) is 7.05 Å². The van der Waals surface area contributed by atoms with Gasteiger partial charge in [0.15, 0.2) is 10.8 Å². The van der Waals surface area contributed by atoms with Gasteiger partial charge in [0.25, 0.3) is 5.91 Å². The number of hydrogen-bond acceptors (Lipinski definition) is 5. The molecule has 0 spiro atoms. The van der Waals surface area contributed by atoms with Crippen molar-refractivity contribution in [2.75, 3.05) is 32.1 Å². The molecule has 9 heteroatoms. The Bertz CT molecular complexity index is 939. The Balaban J connectivity index is 0.00000261. The van der Waals surface area contributed by atoms with Crippen LogP contribution in [0.15, 0.2) is 24.4 Å². The number of thiazole rings is 1. The van der Waals surface area contributed by atoms with Gasteiger partial charge in [-0.25, -0.2) is 9.37 Å². The first-order valence-corrected chi connectivity index (χ1v) is 9.19. The Kier molecular flexibility index (Phi) is 6.91. The number of anilines is 1. The number of aryl methyl sites for hydroxylation is 2. The molecule has 0 radical (unpaired) electrons. The maximum absolute atomic E-state index is 13.5. The molecule has 0 saturated heterocycles. The number of carbonyl (C=O) groups is 1. The van der Waals surface area contributed by atoms with Crippen molar-refractivity contribution < 1.29 is 9.18 Å². The maximum Gasteiger partial charge on any atom is 0.280 e. The molecule has 3 aromatic rings. The molecule has 0 atom stereocenters. The van der Waals surface area contributed by atoms with Crippen LogP contribution in [-0.4, -0.2) is 52.8 Å². The van der Waals surface area contributed by atoms with Crippen LogP contribution in [0.5, 0.6) is 0 Å². The lowest BCUT2D eigenvalue weighted by atomic mass is 10.2. The number of amides is 1. The predicted molar refractivity (Wildman–Crippen MR) is 110 cm³/mol. The summed E-state index contributed by atoms with van der Waals surface area (Å²) in [6.07, 6.45) is 2.62. The summed E-state index contributed by atoms with van der Waals surface area (Å²) in [5.74, 6) is -0.486. The number of hydrogen-bond donors (Lipinski definition) is 0. The Morgan fingerprint density at radius 2 is 2.04 bits per heavy atom. The third-order valence-electron chi connectivity index (χ3n) is 4.02. The smallest absolute Gasteiger partial charge is 0.280 e. The van der Waals surface area contributed by atoms with Crippen LogP contribution in [0.2, 0.25) is 0 Å². The summed E-state index contributed by atoms with van der Waals surface area (Å²) < 4.78 is 15.9. The van der Waals surface area contributed by atoms with E-state index in [0.717, 1.165) is 23.2 Å². The highest BCUT2D eigenvalue weighted by Crippen LogP contribution is 2.30. The molecule has 0 bridgehead atoms. The predicted octanol–water partition coefficient (Wildman–Crippen LogP) is 3.50. The van der Waals surface area contributed by atoms with Crippen LogP contribution < -0.4 is 4.90 Å². The second-order valence-electron chi connectivity index (χ2n) is 6.56. The van der Waals surface area contributed by atoms with Gasteiger partial charge in [0.2, 0.25) is 0 Å². The van der Waals surface area contributed by atoms with Gasteiger partial charge in [0.05, 0.1) is 10.2 Å². The van der Waals surface area contributed by atoms with Gasteiger partial charge in [-0.3, -0.25) is 14.4 Å². The molecule has 146 valence electrons. The van der Waals surface area contributed by atoms with E-state index in [1.165, 1.54) is 23.5 Å². The van der Waals surface area contributed by atoms with Crippen LogP contribution in [0.3, 0.4) is 0 Å². The molecule has 1 amide bonds. The normalized spacial score (nSPS) is 11.0. The molecule has 27 heavy (non-hydrogen) atoms. The van der Waals surface area contributed by atoms with Gasteiger partial charge >= 0.3 is 0 Å². The summed E-state index contributed by atoms with van der Waals surface area (Å²) in [7, 11) is 5.78. The minimum absolute atomic E-state index is 0. The van der Waals surface area contributed by atoms with Crippen LogP contribution in [0.4, 0.5) is 9.52 Å². The highest BCUT2D eigenvalue weighted by molar-refractivity contribution is 7.22. The van der Waals surface area contributed by atoms with Crippen molar-refractivity contribution in [3.63, 3.8) is 0 Å². The van der Waals surface area contributed by atoms with E-state index in [0.29, 0.717) is 22.9 Å². The molecule has 1 aromatic carbocycles. The fourth-order valence-electron chi connectivity index (χ4n) is 2.78. The average Bonchev–Trinajstić information content (AvgIpc) is 3.12. The number of aromatic nitrogens is 3. The molecule has 0 fully saturated rings. The molecule has 0 unspecified atom stereocenters. The third-order valence-corrected chi connectivity index (χ3v) is 5.06. The second kappa shape index (κ2) is 8.77. The zero-order chi connectivity index (χ0) is 18.8. The highest BCUT2D eigenvalue weighted by Gasteiger charge is 2.24. The van der Waals surface area contributed by atoms with Crippen LogP contribution in [0.1, 0.15) is 22.5 Å². The number of carbonyl (C=O) groups excluding carboxylic acids is 1. The monoisotopic (exact) mass is 411 g/mol. The molecular formula is C18H23ClFN5OS. The van der Waals surface area contributed by atoms with Gasteiger partial charge in [-0.15, -0.1) is 12.4 Å². The van der Waals surface area contributed by atoms with Crippen molar-refractivity contribution in [2.24, 2.45) is 7.05 Å². The minimum Gasteiger partial charge on any atom is -0.309 e. The molecule has 2 aromatic heterocycles. The number of halogens is 2. The van der Waals surface area contributed by atoms with Crippen LogP contribution >= 0.6 is 23.7 Å². The van der Waals surface area contributed by atoms with Crippen LogP contribution in [0, 0.1) is 12.7 Å². The summed E-state index contributed by atoms with van der Waals surface area (Å²) in [6, 6.07) is 4.47. The van der Waals surface area contributed by atoms with Gasteiger partial charge in [0, 0.05) is 25.4 Å². The molecule has 6 nitrogen and oxygen atoms in total. The standard InChI is InChI=1S/C18H22FN5OS.ClH/c1-12-11-23(4)21-16(12)17(25)24(9-5-8-22(2)3)18-20-14-7-6-13(19)10-15(14)26-18;/h6-7,10-11H,5,8-9H2,1-4H3;1H. The molecule has 3 rings (SSSR count). The third kappa shape index (κ3) is 4.82. The van der Waals surface area contributed by atoms with Gasteiger partial charge in [0.1, 0.15) is 5.82 Å². The van der Waals surface area contributed by atoms with Gasteiger partial charge in [-0.05, 0) is 52.2 Å². The largest absolute Gasteiger partial charge is 0.309 e. The first kappa shape index (κ1) is 21.3. The first-order chi connectivity index (χ1) is 12.3. The van der Waals surface area contributed by atoms with E-state index in [1.807, 2.05) is 27.2 Å². The number of fused-ring (bicyclic) bond motifs is 1. The highest BCUT2D eigenvalue weighted by atomic mass is 35.5. The van der Waals surface area contributed by atoms with E-state index >= 15 is 0 Å². The Hall–Kier alpha value is -2.03. The summed E-state index contributed by atoms with van der Waals surface area (Å²) in [5, 5.41) is 4.87. The SMILES string of the molecule is Cc1cn(C)nc1C(=O)N(CCCN(C)C)c1nc2ccc(F)cc2s1.Cl. The van der Waals surface area contributed by atoms with Crippen molar-refractivity contribution in [2.45, 2.75) is 13.3 Å². The lowest BCUT2D eigenvalue weighted by Gasteiger charge is -2.20. The average molecular weight is 412 g/mol. The zero-order valence-corrected chi connectivity index (χ0v) is 17.4. The van der Waals surface area contributed by atoms with E-state index in [2.05, 4.69) is 15.0 Å². The van der Waals surface area contributed by atoms with Crippen molar-refractivity contribution in [1.29, 1.82) is 0 Å². The van der Waals surface area contributed by atoms with Gasteiger partial charge < -0.3 is 4.90 Å². The summed E-state index contributed by atoms with van der Waals surface area (Å²) in [5.41, 5.74) is 1.93. The van der Waals surface area contributed by atoms with Gasteiger partial charge in [-0.1, -0.05) is 11.3 Å². The number of benzene rings is 1. The molecule has 0 aliphatic heterocycles. The van der Waals surface area contributed by atoms with E-state index in [4.69, 9.17) is 0 Å². The summed E-state index contributed by atoms with van der Waals surface area (Å²) in [6.45, 7) is 3.24. The molecule has 2 heterocycles. The van der Waals surface area contributed by atoms with E-state index in [9.17, 15) is 9.18 Å². The number of nitrogens with zero attached hydrogens (tertiary/aromatic N) is 5. The lowest BCUT2D eigenvalue weighted by Crippen LogP contribution is -2.34. The second-order valence-corrected chi connectivity index (χ2v) is 7.57.